The van der Waals surface area contributed by atoms with Gasteiger partial charge in [-0.25, -0.2) is 0 Å². The molecular weight excluding hydrogens is 420 g/mol. The highest BCUT2D eigenvalue weighted by atomic mass is 16.2. The van der Waals surface area contributed by atoms with Crippen molar-refractivity contribution in [1.29, 1.82) is 0 Å². The van der Waals surface area contributed by atoms with E-state index in [0.29, 0.717) is 18.8 Å². The predicted molar refractivity (Wildman–Crippen MR) is 127 cm³/mol. The zero-order valence-electron chi connectivity index (χ0n) is 20.7. The number of nitrogens with one attached hydrogen (secondary N) is 2. The van der Waals surface area contributed by atoms with Crippen LogP contribution >= 0.6 is 0 Å². The van der Waals surface area contributed by atoms with Gasteiger partial charge in [-0.15, -0.1) is 0 Å². The standard InChI is InChI=1S/C24H40N6O3/c1-5-14-29-22(32)20-16-19(21(31)25-13-10-15-28(6-2)7-3)27-30(20)17-24(29,4)23(33)26-18-11-8-9-12-18/h16,18H,5-15,17H2,1-4H3,(H,25,31)(H,26,33). The molecule has 0 bridgehead atoms. The molecule has 0 aromatic carbocycles. The van der Waals surface area contributed by atoms with Gasteiger partial charge in [0.1, 0.15) is 11.2 Å². The number of carbonyl (C=O) groups is 3. The lowest BCUT2D eigenvalue weighted by Gasteiger charge is -2.43. The molecular formula is C24H40N6O3. The second-order valence-electron chi connectivity index (χ2n) is 9.39. The summed E-state index contributed by atoms with van der Waals surface area (Å²) in [7, 11) is 0. The summed E-state index contributed by atoms with van der Waals surface area (Å²) in [5.41, 5.74) is -0.451. The van der Waals surface area contributed by atoms with Crippen molar-refractivity contribution < 1.29 is 14.4 Å². The van der Waals surface area contributed by atoms with Crippen molar-refractivity contribution >= 4 is 17.7 Å². The fourth-order valence-electron chi connectivity index (χ4n) is 4.87. The van der Waals surface area contributed by atoms with Crippen molar-refractivity contribution in [3.05, 3.63) is 17.5 Å². The Bertz CT molecular complexity index is 843. The maximum Gasteiger partial charge on any atom is 0.273 e. The van der Waals surface area contributed by atoms with E-state index in [-0.39, 0.29) is 36.0 Å². The summed E-state index contributed by atoms with van der Waals surface area (Å²) in [6, 6.07) is 1.73. The Morgan fingerprint density at radius 2 is 1.91 bits per heavy atom. The molecule has 1 unspecified atom stereocenters. The molecule has 1 fully saturated rings. The molecule has 33 heavy (non-hydrogen) atoms. The first-order valence-electron chi connectivity index (χ1n) is 12.5. The van der Waals surface area contributed by atoms with E-state index < -0.39 is 5.54 Å². The van der Waals surface area contributed by atoms with E-state index in [1.54, 1.807) is 11.0 Å². The molecule has 9 heteroatoms. The Morgan fingerprint density at radius 1 is 1.21 bits per heavy atom. The number of hydrogen-bond acceptors (Lipinski definition) is 5. The lowest BCUT2D eigenvalue weighted by atomic mass is 9.94. The second kappa shape index (κ2) is 11.1. The molecule has 1 aliphatic carbocycles. The molecule has 0 spiro atoms. The van der Waals surface area contributed by atoms with Gasteiger partial charge in [-0.1, -0.05) is 33.6 Å². The van der Waals surface area contributed by atoms with Crippen LogP contribution in [-0.2, 0) is 11.3 Å². The summed E-state index contributed by atoms with van der Waals surface area (Å²) in [5, 5.41) is 10.5. The van der Waals surface area contributed by atoms with Crippen LogP contribution in [0.4, 0.5) is 0 Å². The summed E-state index contributed by atoms with van der Waals surface area (Å²) in [5.74, 6) is -0.677. The Balaban J connectivity index is 1.71. The fraction of sp³-hybridized carbons (Fsp3) is 0.750. The van der Waals surface area contributed by atoms with Gasteiger partial charge in [0, 0.05) is 25.2 Å². The van der Waals surface area contributed by atoms with Crippen LogP contribution in [0.25, 0.3) is 0 Å². The van der Waals surface area contributed by atoms with E-state index in [1.807, 2.05) is 13.8 Å². The topological polar surface area (TPSA) is 99.6 Å². The van der Waals surface area contributed by atoms with Crippen LogP contribution < -0.4 is 10.6 Å². The maximum absolute atomic E-state index is 13.3. The lowest BCUT2D eigenvalue weighted by molar-refractivity contribution is -0.133. The summed E-state index contributed by atoms with van der Waals surface area (Å²) in [4.78, 5) is 43.3. The van der Waals surface area contributed by atoms with Crippen LogP contribution in [0.1, 0.15) is 87.2 Å². The van der Waals surface area contributed by atoms with Gasteiger partial charge in [-0.05, 0) is 52.2 Å². The van der Waals surface area contributed by atoms with E-state index in [1.165, 1.54) is 4.68 Å². The van der Waals surface area contributed by atoms with Crippen molar-refractivity contribution in [3.63, 3.8) is 0 Å². The molecule has 3 rings (SSSR count). The van der Waals surface area contributed by atoms with Gasteiger partial charge in [0.2, 0.25) is 5.91 Å². The first kappa shape index (κ1) is 25.2. The fourth-order valence-corrected chi connectivity index (χ4v) is 4.87. The van der Waals surface area contributed by atoms with Crippen LogP contribution in [0, 0.1) is 0 Å². The molecule has 1 aromatic rings. The SMILES string of the molecule is CCCN1C(=O)c2cc(C(=O)NCCCN(CC)CC)nn2CC1(C)C(=O)NC1CCCC1. The van der Waals surface area contributed by atoms with Crippen LogP contribution in [0.3, 0.4) is 0 Å². The molecule has 2 aliphatic rings. The largest absolute Gasteiger partial charge is 0.351 e. The quantitative estimate of drug-likeness (QED) is 0.492. The minimum Gasteiger partial charge on any atom is -0.351 e. The number of rotatable bonds is 11. The summed E-state index contributed by atoms with van der Waals surface area (Å²) >= 11 is 0. The number of nitrogens with zero attached hydrogens (tertiary/aromatic N) is 4. The van der Waals surface area contributed by atoms with Crippen molar-refractivity contribution in [3.8, 4) is 0 Å². The van der Waals surface area contributed by atoms with E-state index >= 15 is 0 Å². The van der Waals surface area contributed by atoms with Gasteiger partial charge in [0.05, 0.1) is 6.54 Å². The van der Waals surface area contributed by atoms with Gasteiger partial charge in [-0.2, -0.15) is 5.10 Å². The molecule has 1 aromatic heterocycles. The molecule has 184 valence electrons. The predicted octanol–water partition coefficient (Wildman–Crippen LogP) is 2.03. The average Bonchev–Trinajstić information content (AvgIpc) is 3.46. The molecule has 1 saturated carbocycles. The number of amides is 3. The Hall–Kier alpha value is -2.42. The molecule has 9 nitrogen and oxygen atoms in total. The van der Waals surface area contributed by atoms with E-state index in [2.05, 4.69) is 34.5 Å². The Morgan fingerprint density at radius 3 is 2.55 bits per heavy atom. The Kier molecular flexibility index (Phi) is 8.51. The summed E-state index contributed by atoms with van der Waals surface area (Å²) in [6.45, 7) is 12.2. The van der Waals surface area contributed by atoms with Gasteiger partial charge >= 0.3 is 0 Å². The van der Waals surface area contributed by atoms with Crippen LogP contribution in [0.5, 0.6) is 0 Å². The minimum absolute atomic E-state index is 0.139. The van der Waals surface area contributed by atoms with Gasteiger partial charge in [-0.3, -0.25) is 19.1 Å². The Labute approximate surface area is 197 Å². The van der Waals surface area contributed by atoms with E-state index in [9.17, 15) is 14.4 Å². The highest BCUT2D eigenvalue weighted by Crippen LogP contribution is 2.29. The minimum atomic E-state index is -1.04. The zero-order valence-corrected chi connectivity index (χ0v) is 20.7. The van der Waals surface area contributed by atoms with Crippen molar-refractivity contribution in [2.24, 2.45) is 0 Å². The van der Waals surface area contributed by atoms with Crippen molar-refractivity contribution in [2.45, 2.75) is 84.3 Å². The van der Waals surface area contributed by atoms with Crippen molar-refractivity contribution in [1.82, 2.24) is 30.2 Å². The molecule has 0 saturated heterocycles. The highest BCUT2D eigenvalue weighted by molar-refractivity contribution is 6.01. The van der Waals surface area contributed by atoms with Gasteiger partial charge < -0.3 is 20.4 Å². The monoisotopic (exact) mass is 460 g/mol. The summed E-state index contributed by atoms with van der Waals surface area (Å²) in [6.07, 6.45) is 5.80. The van der Waals surface area contributed by atoms with E-state index in [0.717, 1.165) is 58.2 Å². The molecule has 0 radical (unpaired) electrons. The lowest BCUT2D eigenvalue weighted by Crippen LogP contribution is -2.65. The third-order valence-corrected chi connectivity index (χ3v) is 6.99. The van der Waals surface area contributed by atoms with E-state index in [4.69, 9.17) is 0 Å². The number of carbonyl (C=O) groups excluding carboxylic acids is 3. The van der Waals surface area contributed by atoms with Crippen LogP contribution in [0.15, 0.2) is 6.07 Å². The molecule has 1 aliphatic heterocycles. The number of hydrogen-bond donors (Lipinski definition) is 2. The molecule has 1 atom stereocenters. The van der Waals surface area contributed by atoms with Crippen molar-refractivity contribution in [2.75, 3.05) is 32.7 Å². The maximum atomic E-state index is 13.3. The van der Waals surface area contributed by atoms with Gasteiger partial charge in [0.25, 0.3) is 11.8 Å². The second-order valence-corrected chi connectivity index (χ2v) is 9.39. The molecule has 3 amide bonds. The zero-order chi connectivity index (χ0) is 24.0. The van der Waals surface area contributed by atoms with Crippen LogP contribution in [-0.4, -0.2) is 81.6 Å². The molecule has 2 heterocycles. The molecule has 2 N–H and O–H groups in total. The smallest absolute Gasteiger partial charge is 0.273 e. The van der Waals surface area contributed by atoms with Gasteiger partial charge in [0.15, 0.2) is 5.69 Å². The first-order chi connectivity index (χ1) is 15.8. The third-order valence-electron chi connectivity index (χ3n) is 6.99. The third kappa shape index (κ3) is 5.57. The summed E-state index contributed by atoms with van der Waals surface area (Å²) < 4.78 is 1.54. The normalized spacial score (nSPS) is 20.9. The average molecular weight is 461 g/mol. The first-order valence-corrected chi connectivity index (χ1v) is 12.5. The number of fused-ring (bicyclic) bond motifs is 1. The number of aromatic nitrogens is 2. The van der Waals surface area contributed by atoms with Crippen LogP contribution in [0.2, 0.25) is 0 Å². The highest BCUT2D eigenvalue weighted by Gasteiger charge is 2.48.